The highest BCUT2D eigenvalue weighted by Crippen LogP contribution is 2.33. The number of hydrogen-bond donors (Lipinski definition) is 2. The topological polar surface area (TPSA) is 98.5 Å². The minimum absolute atomic E-state index is 0.0225. The molecule has 0 aliphatic rings. The van der Waals surface area contributed by atoms with Crippen LogP contribution in [-0.2, 0) is 21.0 Å². The van der Waals surface area contributed by atoms with E-state index in [0.29, 0.717) is 6.07 Å². The van der Waals surface area contributed by atoms with Crippen LogP contribution in [0.4, 0.5) is 23.2 Å². The van der Waals surface area contributed by atoms with Crippen molar-refractivity contribution in [2.45, 2.75) is 11.1 Å². The molecule has 0 saturated heterocycles. The van der Waals surface area contributed by atoms with Gasteiger partial charge >= 0.3 is 6.18 Å². The maximum Gasteiger partial charge on any atom is 0.419 e. The largest absolute Gasteiger partial charge is 0.484 e. The summed E-state index contributed by atoms with van der Waals surface area (Å²) in [6.07, 6.45) is -5.03. The predicted octanol–water partition coefficient (Wildman–Crippen LogP) is 2.51. The molecule has 2 aromatic rings. The number of nitrogens with one attached hydrogen (secondary N) is 1. The van der Waals surface area contributed by atoms with Gasteiger partial charge in [0.1, 0.15) is 11.6 Å². The van der Waals surface area contributed by atoms with Crippen LogP contribution in [0.1, 0.15) is 5.56 Å². The van der Waals surface area contributed by atoms with Crippen LogP contribution in [0.25, 0.3) is 0 Å². The van der Waals surface area contributed by atoms with E-state index in [-0.39, 0.29) is 24.1 Å². The second kappa shape index (κ2) is 7.20. The number of amides is 1. The molecule has 26 heavy (non-hydrogen) atoms. The van der Waals surface area contributed by atoms with Crippen molar-refractivity contribution in [2.75, 3.05) is 11.3 Å². The fraction of sp³-hybridized carbons (Fsp3) is 0.133. The number of alkyl halides is 3. The number of benzene rings is 2. The third kappa shape index (κ3) is 4.85. The Kier molecular flexibility index (Phi) is 5.40. The normalized spacial score (nSPS) is 11.8. The van der Waals surface area contributed by atoms with Crippen molar-refractivity contribution in [1.29, 1.82) is 0 Å². The number of ether oxygens (including phenoxy) is 1. The number of halogens is 4. The van der Waals surface area contributed by atoms with E-state index in [9.17, 15) is 30.8 Å². The highest BCUT2D eigenvalue weighted by atomic mass is 32.2. The van der Waals surface area contributed by atoms with Gasteiger partial charge in [-0.3, -0.25) is 9.52 Å². The lowest BCUT2D eigenvalue weighted by Gasteiger charge is -2.12. The molecule has 2 rings (SSSR count). The summed E-state index contributed by atoms with van der Waals surface area (Å²) in [4.78, 5) is 9.86. The SMILES string of the molecule is NC(=O)COc1ccc(NS(=O)(=O)c2ccc(F)c(C(F)(F)F)c2)cc1. The summed E-state index contributed by atoms with van der Waals surface area (Å²) in [5, 5.41) is 0. The highest BCUT2D eigenvalue weighted by molar-refractivity contribution is 7.92. The molecule has 2 aromatic carbocycles. The Morgan fingerprint density at radius 2 is 1.73 bits per heavy atom. The standard InChI is InChI=1S/C15H12F4N2O4S/c16-13-6-5-11(7-12(13)15(17,18)19)26(23,24)21-9-1-3-10(4-2-9)25-8-14(20)22/h1-7,21H,8H2,(H2,20,22). The first kappa shape index (κ1) is 19.5. The average Bonchev–Trinajstić information content (AvgIpc) is 2.53. The van der Waals surface area contributed by atoms with Gasteiger partial charge < -0.3 is 10.5 Å². The van der Waals surface area contributed by atoms with E-state index in [1.165, 1.54) is 24.3 Å². The van der Waals surface area contributed by atoms with Crippen molar-refractivity contribution in [3.63, 3.8) is 0 Å². The molecule has 6 nitrogen and oxygen atoms in total. The zero-order valence-electron chi connectivity index (χ0n) is 12.9. The summed E-state index contributed by atoms with van der Waals surface area (Å²) < 4.78 is 82.9. The Morgan fingerprint density at radius 3 is 2.27 bits per heavy atom. The minimum atomic E-state index is -5.03. The van der Waals surface area contributed by atoms with Gasteiger partial charge in [-0.15, -0.1) is 0 Å². The first-order valence-corrected chi connectivity index (χ1v) is 8.38. The number of primary amides is 1. The van der Waals surface area contributed by atoms with Crippen LogP contribution in [0.15, 0.2) is 47.4 Å². The monoisotopic (exact) mass is 392 g/mol. The quantitative estimate of drug-likeness (QED) is 0.738. The summed E-state index contributed by atoms with van der Waals surface area (Å²) in [5.74, 6) is -2.05. The molecule has 0 unspecified atom stereocenters. The molecule has 0 heterocycles. The molecule has 0 aliphatic heterocycles. The molecule has 11 heteroatoms. The van der Waals surface area contributed by atoms with Crippen LogP contribution in [0, 0.1) is 5.82 Å². The molecular formula is C15H12F4N2O4S. The van der Waals surface area contributed by atoms with Crippen molar-refractivity contribution in [2.24, 2.45) is 5.73 Å². The van der Waals surface area contributed by atoms with Gasteiger partial charge in [-0.25, -0.2) is 12.8 Å². The number of anilines is 1. The van der Waals surface area contributed by atoms with Gasteiger partial charge in [0.05, 0.1) is 10.5 Å². The Morgan fingerprint density at radius 1 is 1.12 bits per heavy atom. The maximum atomic E-state index is 13.3. The second-order valence-electron chi connectivity index (χ2n) is 5.02. The summed E-state index contributed by atoms with van der Waals surface area (Å²) in [7, 11) is -4.38. The van der Waals surface area contributed by atoms with Crippen molar-refractivity contribution < 1.29 is 35.5 Å². The molecule has 0 saturated carbocycles. The molecule has 0 radical (unpaired) electrons. The molecule has 0 atom stereocenters. The highest BCUT2D eigenvalue weighted by Gasteiger charge is 2.35. The first-order valence-electron chi connectivity index (χ1n) is 6.90. The lowest BCUT2D eigenvalue weighted by Crippen LogP contribution is -2.20. The Bertz CT molecular complexity index is 912. The van der Waals surface area contributed by atoms with Gasteiger partial charge in [0.15, 0.2) is 6.61 Å². The van der Waals surface area contributed by atoms with E-state index in [1.807, 2.05) is 0 Å². The lowest BCUT2D eigenvalue weighted by molar-refractivity contribution is -0.140. The molecule has 0 spiro atoms. The molecule has 1 amide bonds. The third-order valence-corrected chi connectivity index (χ3v) is 4.42. The third-order valence-electron chi connectivity index (χ3n) is 3.04. The van der Waals surface area contributed by atoms with E-state index in [0.717, 1.165) is 6.07 Å². The predicted molar refractivity (Wildman–Crippen MR) is 83.3 cm³/mol. The van der Waals surface area contributed by atoms with E-state index in [2.05, 4.69) is 4.72 Å². The summed E-state index contributed by atoms with van der Waals surface area (Å²) in [6.45, 7) is -0.374. The van der Waals surface area contributed by atoms with Crippen molar-refractivity contribution in [3.05, 3.63) is 53.8 Å². The fourth-order valence-corrected chi connectivity index (χ4v) is 2.96. The lowest BCUT2D eigenvalue weighted by atomic mass is 10.2. The first-order chi connectivity index (χ1) is 12.0. The van der Waals surface area contributed by atoms with Crippen LogP contribution in [0.5, 0.6) is 5.75 Å². The van der Waals surface area contributed by atoms with Gasteiger partial charge in [0, 0.05) is 5.69 Å². The number of carbonyl (C=O) groups excluding carboxylic acids is 1. The Hall–Kier alpha value is -2.82. The molecular weight excluding hydrogens is 380 g/mol. The minimum Gasteiger partial charge on any atom is -0.484 e. The number of carbonyl (C=O) groups is 1. The van der Waals surface area contributed by atoms with E-state index < -0.39 is 38.4 Å². The molecule has 0 fully saturated rings. The molecule has 0 aliphatic carbocycles. The maximum absolute atomic E-state index is 13.3. The fourth-order valence-electron chi connectivity index (χ4n) is 1.88. The second-order valence-corrected chi connectivity index (χ2v) is 6.71. The Balaban J connectivity index is 2.22. The zero-order valence-corrected chi connectivity index (χ0v) is 13.7. The van der Waals surface area contributed by atoms with Gasteiger partial charge in [-0.2, -0.15) is 13.2 Å². The van der Waals surface area contributed by atoms with E-state index >= 15 is 0 Å². The number of nitrogens with two attached hydrogens (primary N) is 1. The van der Waals surface area contributed by atoms with Crippen molar-refractivity contribution >= 4 is 21.6 Å². The van der Waals surface area contributed by atoms with Crippen LogP contribution in [0.2, 0.25) is 0 Å². The van der Waals surface area contributed by atoms with Gasteiger partial charge in [-0.1, -0.05) is 0 Å². The van der Waals surface area contributed by atoms with Crippen molar-refractivity contribution in [3.8, 4) is 5.75 Å². The van der Waals surface area contributed by atoms with Crippen LogP contribution in [-0.4, -0.2) is 20.9 Å². The number of sulfonamides is 1. The zero-order chi connectivity index (χ0) is 19.5. The number of rotatable bonds is 6. The van der Waals surface area contributed by atoms with Gasteiger partial charge in [0.2, 0.25) is 0 Å². The number of hydrogen-bond acceptors (Lipinski definition) is 4. The van der Waals surface area contributed by atoms with Crippen molar-refractivity contribution in [1.82, 2.24) is 0 Å². The van der Waals surface area contributed by atoms with E-state index in [1.54, 1.807) is 0 Å². The summed E-state index contributed by atoms with van der Waals surface area (Å²) in [5.41, 5.74) is 3.25. The van der Waals surface area contributed by atoms with Crippen LogP contribution in [0.3, 0.4) is 0 Å². The summed E-state index contributed by atoms with van der Waals surface area (Å²) >= 11 is 0. The smallest absolute Gasteiger partial charge is 0.419 e. The van der Waals surface area contributed by atoms with Gasteiger partial charge in [-0.05, 0) is 42.5 Å². The molecule has 140 valence electrons. The Labute approximate surface area is 145 Å². The van der Waals surface area contributed by atoms with E-state index in [4.69, 9.17) is 10.5 Å². The molecule has 3 N–H and O–H groups in total. The van der Waals surface area contributed by atoms with Crippen LogP contribution >= 0.6 is 0 Å². The molecule has 0 aromatic heterocycles. The molecule has 0 bridgehead atoms. The average molecular weight is 392 g/mol. The van der Waals surface area contributed by atoms with Gasteiger partial charge in [0.25, 0.3) is 15.9 Å². The summed E-state index contributed by atoms with van der Waals surface area (Å²) in [6, 6.07) is 6.54. The van der Waals surface area contributed by atoms with Crippen LogP contribution < -0.4 is 15.2 Å².